The number of hydrogen-bond acceptors (Lipinski definition) is 5. The molecule has 0 spiro atoms. The Bertz CT molecular complexity index is 934. The number of rotatable bonds is 7. The van der Waals surface area contributed by atoms with Crippen molar-refractivity contribution in [3.05, 3.63) is 38.7 Å². The number of ether oxygens (including phenoxy) is 1. The maximum atomic E-state index is 12.3. The molecule has 0 aliphatic rings. The summed E-state index contributed by atoms with van der Waals surface area (Å²) in [5.74, 6) is -1.21. The van der Waals surface area contributed by atoms with Gasteiger partial charge < -0.3 is 19.6 Å². The monoisotopic (exact) mass is 395 g/mol. The van der Waals surface area contributed by atoms with Crippen LogP contribution < -0.4 is 15.7 Å². The summed E-state index contributed by atoms with van der Waals surface area (Å²) in [5, 5.41) is 12.6. The predicted octanol–water partition coefficient (Wildman–Crippen LogP) is 2.92. The minimum absolute atomic E-state index is 0.0935. The Labute approximate surface area is 161 Å². The maximum Gasteiger partial charge on any atom is 0.340 e. The summed E-state index contributed by atoms with van der Waals surface area (Å²) in [6.45, 7) is 5.41. The average molecular weight is 396 g/mol. The molecule has 2 aromatic rings. The largest absolute Gasteiger partial charge is 0.495 e. The third-order valence-electron chi connectivity index (χ3n) is 4.24. The van der Waals surface area contributed by atoms with Crippen molar-refractivity contribution < 1.29 is 23.8 Å². The molecule has 146 valence electrons. The van der Waals surface area contributed by atoms with Gasteiger partial charge in [0.05, 0.1) is 24.1 Å². The van der Waals surface area contributed by atoms with E-state index in [1.54, 1.807) is 13.0 Å². The van der Waals surface area contributed by atoms with Crippen molar-refractivity contribution in [3.63, 3.8) is 0 Å². The molecule has 0 saturated heterocycles. The van der Waals surface area contributed by atoms with Crippen LogP contribution in [-0.2, 0) is 16.0 Å². The second-order valence-electron chi connectivity index (χ2n) is 6.74. The summed E-state index contributed by atoms with van der Waals surface area (Å²) in [7, 11) is 1.45. The van der Waals surface area contributed by atoms with Gasteiger partial charge in [0.15, 0.2) is 0 Å². The summed E-state index contributed by atoms with van der Waals surface area (Å²) in [6, 6.07) is 2.11. The van der Waals surface area contributed by atoms with E-state index in [-0.39, 0.29) is 17.9 Å². The van der Waals surface area contributed by atoms with E-state index in [9.17, 15) is 19.5 Å². The number of aliphatic carboxylic acids is 1. The molecule has 2 rings (SSSR count). The number of hydrogen-bond donors (Lipinski definition) is 2. The number of carboxylic acids is 1. The van der Waals surface area contributed by atoms with Crippen LogP contribution in [0.4, 0.5) is 0 Å². The summed E-state index contributed by atoms with van der Waals surface area (Å²) < 4.78 is 10.4. The topological polar surface area (TPSA) is 106 Å². The van der Waals surface area contributed by atoms with Gasteiger partial charge in [-0.1, -0.05) is 25.4 Å². The van der Waals surface area contributed by atoms with Crippen molar-refractivity contribution in [1.82, 2.24) is 5.32 Å². The number of fused-ring (bicyclic) bond motifs is 1. The van der Waals surface area contributed by atoms with Crippen LogP contribution in [0.3, 0.4) is 0 Å². The van der Waals surface area contributed by atoms with E-state index in [1.807, 2.05) is 13.8 Å². The van der Waals surface area contributed by atoms with E-state index in [0.29, 0.717) is 33.7 Å². The van der Waals surface area contributed by atoms with Crippen molar-refractivity contribution in [3.8, 4) is 5.75 Å². The molecule has 1 aromatic carbocycles. The van der Waals surface area contributed by atoms with Crippen LogP contribution in [-0.4, -0.2) is 30.1 Å². The lowest BCUT2D eigenvalue weighted by Gasteiger charge is -2.17. The minimum atomic E-state index is -1.11. The van der Waals surface area contributed by atoms with Crippen LogP contribution in [0.25, 0.3) is 11.0 Å². The molecular weight excluding hydrogens is 374 g/mol. The van der Waals surface area contributed by atoms with Crippen LogP contribution in [0.1, 0.15) is 31.4 Å². The molecule has 1 amide bonds. The Hall–Kier alpha value is -2.54. The Kier molecular flexibility index (Phi) is 6.49. The van der Waals surface area contributed by atoms with E-state index >= 15 is 0 Å². The van der Waals surface area contributed by atoms with Crippen molar-refractivity contribution in [2.24, 2.45) is 5.92 Å². The number of methoxy groups -OCH3 is 1. The van der Waals surface area contributed by atoms with Gasteiger partial charge in [-0.25, -0.2) is 9.59 Å². The molecule has 1 aromatic heterocycles. The number of carbonyl (C=O) groups is 2. The number of nitrogens with one attached hydrogen (secondary N) is 1. The highest BCUT2D eigenvalue weighted by Gasteiger charge is 2.23. The van der Waals surface area contributed by atoms with E-state index in [4.69, 9.17) is 20.8 Å². The number of halogens is 1. The van der Waals surface area contributed by atoms with E-state index in [0.717, 1.165) is 0 Å². The third-order valence-corrected chi connectivity index (χ3v) is 4.53. The van der Waals surface area contributed by atoms with Crippen molar-refractivity contribution in [2.75, 3.05) is 7.11 Å². The molecule has 8 heteroatoms. The molecule has 0 radical (unpaired) electrons. The lowest BCUT2D eigenvalue weighted by atomic mass is 10.0. The number of benzene rings is 1. The van der Waals surface area contributed by atoms with Crippen LogP contribution in [0, 0.1) is 12.8 Å². The number of carbonyl (C=O) groups excluding carboxylic acids is 1. The van der Waals surface area contributed by atoms with Crippen molar-refractivity contribution in [1.29, 1.82) is 0 Å². The van der Waals surface area contributed by atoms with Crippen molar-refractivity contribution >= 4 is 34.4 Å². The Balaban J connectivity index is 2.34. The lowest BCUT2D eigenvalue weighted by Crippen LogP contribution is -2.42. The highest BCUT2D eigenvalue weighted by Crippen LogP contribution is 2.31. The molecule has 1 heterocycles. The zero-order valence-electron chi connectivity index (χ0n) is 15.6. The van der Waals surface area contributed by atoms with Gasteiger partial charge in [-0.05, 0) is 30.9 Å². The maximum absolute atomic E-state index is 12.3. The summed E-state index contributed by atoms with van der Waals surface area (Å²) in [5.41, 5.74) is 0.355. The van der Waals surface area contributed by atoms with E-state index in [2.05, 4.69) is 5.32 Å². The number of amides is 1. The van der Waals surface area contributed by atoms with E-state index in [1.165, 1.54) is 13.2 Å². The molecule has 7 nitrogen and oxygen atoms in total. The van der Waals surface area contributed by atoms with Gasteiger partial charge in [0.25, 0.3) is 0 Å². The summed E-state index contributed by atoms with van der Waals surface area (Å²) in [6.07, 6.45) is 0.0113. The zero-order chi connectivity index (χ0) is 20.3. The summed E-state index contributed by atoms with van der Waals surface area (Å²) in [4.78, 5) is 36.0. The molecule has 0 unspecified atom stereocenters. The molecule has 2 N–H and O–H groups in total. The lowest BCUT2D eigenvalue weighted by molar-refractivity contribution is -0.142. The Morgan fingerprint density at radius 3 is 2.56 bits per heavy atom. The number of aryl methyl sites for hydroxylation is 1. The predicted molar refractivity (Wildman–Crippen MR) is 102 cm³/mol. The van der Waals surface area contributed by atoms with Crippen LogP contribution in [0.2, 0.25) is 5.02 Å². The molecular formula is C19H22ClNO6. The fraction of sp³-hybridized carbons (Fsp3) is 0.421. The van der Waals surface area contributed by atoms with Gasteiger partial charge >= 0.3 is 11.6 Å². The average Bonchev–Trinajstić information content (AvgIpc) is 2.58. The first-order chi connectivity index (χ1) is 12.6. The second kappa shape index (κ2) is 8.43. The van der Waals surface area contributed by atoms with Gasteiger partial charge in [-0.2, -0.15) is 0 Å². The standard InChI is InChI=1S/C19H22ClNO6/c1-9(2)5-14(18(23)24)21-17(22)7-12-10(3)11-6-13(20)16(26-4)8-15(11)27-19(12)25/h6,8-9,14H,5,7H2,1-4H3,(H,21,22)(H,23,24)/t14-/m0/s1. The van der Waals surface area contributed by atoms with E-state index < -0.39 is 23.5 Å². The Morgan fingerprint density at radius 1 is 1.33 bits per heavy atom. The van der Waals surface area contributed by atoms with Crippen LogP contribution in [0.5, 0.6) is 5.75 Å². The molecule has 0 bridgehead atoms. The molecule has 27 heavy (non-hydrogen) atoms. The molecule has 0 saturated carbocycles. The third kappa shape index (κ3) is 4.80. The normalized spacial score (nSPS) is 12.2. The van der Waals surface area contributed by atoms with Gasteiger partial charge in [0, 0.05) is 11.5 Å². The fourth-order valence-corrected chi connectivity index (χ4v) is 3.09. The molecule has 0 fully saturated rings. The zero-order valence-corrected chi connectivity index (χ0v) is 16.3. The highest BCUT2D eigenvalue weighted by atomic mass is 35.5. The summed E-state index contributed by atoms with van der Waals surface area (Å²) >= 11 is 6.14. The van der Waals surface area contributed by atoms with Crippen LogP contribution >= 0.6 is 11.6 Å². The van der Waals surface area contributed by atoms with Crippen LogP contribution in [0.15, 0.2) is 21.3 Å². The quantitative estimate of drug-likeness (QED) is 0.698. The first-order valence-electron chi connectivity index (χ1n) is 8.46. The van der Waals surface area contributed by atoms with Gasteiger partial charge in [-0.3, -0.25) is 4.79 Å². The second-order valence-corrected chi connectivity index (χ2v) is 7.15. The van der Waals surface area contributed by atoms with Gasteiger partial charge in [0.2, 0.25) is 5.91 Å². The Morgan fingerprint density at radius 2 is 2.00 bits per heavy atom. The SMILES string of the molecule is COc1cc2oc(=O)c(CC(=O)N[C@@H](CC(C)C)C(=O)O)c(C)c2cc1Cl. The van der Waals surface area contributed by atoms with Gasteiger partial charge in [-0.15, -0.1) is 0 Å². The molecule has 0 aliphatic heterocycles. The van der Waals surface area contributed by atoms with Crippen molar-refractivity contribution in [2.45, 2.75) is 39.7 Å². The number of carboxylic acid groups (broad SMARTS) is 1. The van der Waals surface area contributed by atoms with Gasteiger partial charge in [0.1, 0.15) is 17.4 Å². The molecule has 0 aliphatic carbocycles. The smallest absolute Gasteiger partial charge is 0.340 e. The highest BCUT2D eigenvalue weighted by molar-refractivity contribution is 6.32. The minimum Gasteiger partial charge on any atom is -0.495 e. The fourth-order valence-electron chi connectivity index (χ4n) is 2.85. The first-order valence-corrected chi connectivity index (χ1v) is 8.83. The molecule has 1 atom stereocenters. The first kappa shape index (κ1) is 20.8.